The Morgan fingerprint density at radius 2 is 2.03 bits per heavy atom. The van der Waals surface area contributed by atoms with Crippen LogP contribution in [-0.2, 0) is 11.3 Å². The molecule has 3 aromatic heterocycles. The molecule has 0 spiro atoms. The minimum absolute atomic E-state index is 0.00220. The summed E-state index contributed by atoms with van der Waals surface area (Å²) < 4.78 is 38.7. The highest BCUT2D eigenvalue weighted by molar-refractivity contribution is 5.71. The predicted octanol–water partition coefficient (Wildman–Crippen LogP) is 4.02. The Balaban J connectivity index is 1.47. The fraction of sp³-hybridized carbons (Fsp3) is 0.435. The van der Waals surface area contributed by atoms with Crippen molar-refractivity contribution in [1.29, 1.82) is 0 Å². The van der Waals surface area contributed by atoms with Gasteiger partial charge in [-0.2, -0.15) is 5.10 Å². The lowest BCUT2D eigenvalue weighted by Crippen LogP contribution is -2.54. The van der Waals surface area contributed by atoms with Crippen LogP contribution in [0.25, 0.3) is 11.1 Å². The number of hydrogen-bond donors (Lipinski definition) is 2. The molecule has 13 heteroatoms. The number of anilines is 3. The topological polar surface area (TPSA) is 133 Å². The minimum Gasteiger partial charge on any atom is -0.496 e. The van der Waals surface area contributed by atoms with Gasteiger partial charge in [-0.1, -0.05) is 0 Å². The number of halogens is 2. The van der Waals surface area contributed by atoms with Crippen molar-refractivity contribution in [2.45, 2.75) is 51.8 Å². The molecule has 4 rings (SSSR count). The smallest absolute Gasteiger partial charge is 0.410 e. The monoisotopic (exact) mass is 502 g/mol. The Kier molecular flexibility index (Phi) is 6.91. The number of aromatic nitrogens is 5. The highest BCUT2D eigenvalue weighted by Gasteiger charge is 2.35. The van der Waals surface area contributed by atoms with Gasteiger partial charge < -0.3 is 25.4 Å². The van der Waals surface area contributed by atoms with E-state index in [-0.39, 0.29) is 23.8 Å². The first-order valence-corrected chi connectivity index (χ1v) is 11.3. The maximum Gasteiger partial charge on any atom is 0.410 e. The van der Waals surface area contributed by atoms with Crippen LogP contribution >= 0.6 is 0 Å². The first kappa shape index (κ1) is 25.1. The predicted molar refractivity (Wildman–Crippen MR) is 128 cm³/mol. The number of hydrogen-bond acceptors (Lipinski definition) is 9. The van der Waals surface area contributed by atoms with Gasteiger partial charge in [0.2, 0.25) is 0 Å². The molecule has 1 aliphatic rings. The zero-order valence-electron chi connectivity index (χ0n) is 20.4. The second kappa shape index (κ2) is 9.91. The first-order chi connectivity index (χ1) is 17.0. The number of carbonyl (C=O) groups is 1. The standard InChI is InChI=1S/C23H28F2N8O3/c1-23(2,3)36-22(34)33-6-5-14(33)12-32-11-13(9-28-32)15-10-27-18(7-16(15)35-4)30-19-8-17(26)29-21(31-19)20(24)25/h7-11,14,20H,5-6,12H2,1-4H3,(H3,26,27,29,30,31). The van der Waals surface area contributed by atoms with Crippen molar-refractivity contribution >= 4 is 23.5 Å². The summed E-state index contributed by atoms with van der Waals surface area (Å²) in [4.78, 5) is 25.7. The van der Waals surface area contributed by atoms with Gasteiger partial charge in [0.1, 0.15) is 28.8 Å². The Morgan fingerprint density at radius 3 is 2.67 bits per heavy atom. The summed E-state index contributed by atoms with van der Waals surface area (Å²) in [6, 6.07) is 2.94. The van der Waals surface area contributed by atoms with Gasteiger partial charge in [0.15, 0.2) is 5.82 Å². The molecule has 0 aliphatic carbocycles. The summed E-state index contributed by atoms with van der Waals surface area (Å²) in [7, 11) is 1.51. The van der Waals surface area contributed by atoms with Crippen molar-refractivity contribution in [3.05, 3.63) is 36.5 Å². The first-order valence-electron chi connectivity index (χ1n) is 11.3. The van der Waals surface area contributed by atoms with Crippen molar-refractivity contribution < 1.29 is 23.0 Å². The zero-order chi connectivity index (χ0) is 26.0. The van der Waals surface area contributed by atoms with Crippen LogP contribution in [0, 0.1) is 0 Å². The number of nitrogen functional groups attached to an aromatic ring is 1. The number of alkyl halides is 2. The molecular weight excluding hydrogens is 474 g/mol. The normalized spacial score (nSPS) is 15.5. The second-order valence-corrected chi connectivity index (χ2v) is 9.30. The summed E-state index contributed by atoms with van der Waals surface area (Å²) in [6.45, 7) is 6.69. The van der Waals surface area contributed by atoms with Gasteiger partial charge in [-0.25, -0.2) is 28.5 Å². The van der Waals surface area contributed by atoms with E-state index in [2.05, 4.69) is 25.4 Å². The van der Waals surface area contributed by atoms with E-state index in [9.17, 15) is 13.6 Å². The van der Waals surface area contributed by atoms with Gasteiger partial charge in [-0.05, 0) is 27.2 Å². The van der Waals surface area contributed by atoms with E-state index in [1.165, 1.54) is 13.2 Å². The Labute approximate surface area is 206 Å². The molecular formula is C23H28F2N8O3. The van der Waals surface area contributed by atoms with Crippen molar-refractivity contribution in [3.63, 3.8) is 0 Å². The number of ether oxygens (including phenoxy) is 2. The van der Waals surface area contributed by atoms with Gasteiger partial charge in [0.25, 0.3) is 6.43 Å². The summed E-state index contributed by atoms with van der Waals surface area (Å²) in [5.74, 6) is 0.134. The molecule has 1 unspecified atom stereocenters. The van der Waals surface area contributed by atoms with E-state index in [1.54, 1.807) is 28.0 Å². The number of nitrogens with two attached hydrogens (primary N) is 1. The molecule has 11 nitrogen and oxygen atoms in total. The molecule has 1 saturated heterocycles. The van der Waals surface area contributed by atoms with E-state index in [4.69, 9.17) is 15.2 Å². The Morgan fingerprint density at radius 1 is 1.25 bits per heavy atom. The molecule has 1 amide bonds. The van der Waals surface area contributed by atoms with Crippen LogP contribution in [0.3, 0.4) is 0 Å². The fourth-order valence-corrected chi connectivity index (χ4v) is 3.68. The maximum atomic E-state index is 13.0. The van der Waals surface area contributed by atoms with Gasteiger partial charge >= 0.3 is 6.09 Å². The third-order valence-electron chi connectivity index (χ3n) is 5.41. The number of nitrogens with one attached hydrogen (secondary N) is 1. The second-order valence-electron chi connectivity index (χ2n) is 9.30. The van der Waals surface area contributed by atoms with Gasteiger partial charge in [0.05, 0.1) is 25.9 Å². The SMILES string of the molecule is COc1cc(Nc2cc(N)nc(C(F)F)n2)ncc1-c1cnn(CC2CCN2C(=O)OC(C)(C)C)c1. The molecule has 1 fully saturated rings. The largest absolute Gasteiger partial charge is 0.496 e. The zero-order valence-corrected chi connectivity index (χ0v) is 20.4. The Hall–Kier alpha value is -4.03. The molecule has 0 aromatic carbocycles. The summed E-state index contributed by atoms with van der Waals surface area (Å²) in [6.07, 6.45) is 2.79. The van der Waals surface area contributed by atoms with Gasteiger partial charge in [0, 0.05) is 42.2 Å². The number of pyridine rings is 1. The van der Waals surface area contributed by atoms with Crippen molar-refractivity contribution in [1.82, 2.24) is 29.6 Å². The highest BCUT2D eigenvalue weighted by atomic mass is 19.3. The van der Waals surface area contributed by atoms with Crippen LogP contribution in [0.4, 0.5) is 31.0 Å². The van der Waals surface area contributed by atoms with E-state index >= 15 is 0 Å². The summed E-state index contributed by atoms with van der Waals surface area (Å²) in [5, 5.41) is 7.27. The summed E-state index contributed by atoms with van der Waals surface area (Å²) in [5.41, 5.74) is 6.50. The van der Waals surface area contributed by atoms with Crippen LogP contribution in [0.15, 0.2) is 30.7 Å². The number of carbonyl (C=O) groups excluding carboxylic acids is 1. The van der Waals surface area contributed by atoms with Gasteiger partial charge in [-0.3, -0.25) is 4.68 Å². The van der Waals surface area contributed by atoms with E-state index in [0.29, 0.717) is 30.2 Å². The number of nitrogens with zero attached hydrogens (tertiary/aromatic N) is 6. The molecule has 3 aromatic rings. The quantitative estimate of drug-likeness (QED) is 0.491. The molecule has 4 heterocycles. The lowest BCUT2D eigenvalue weighted by atomic mass is 10.0. The van der Waals surface area contributed by atoms with Crippen LogP contribution in [-0.4, -0.2) is 61.0 Å². The third kappa shape index (κ3) is 5.78. The number of amides is 1. The molecule has 1 atom stereocenters. The molecule has 0 saturated carbocycles. The van der Waals surface area contributed by atoms with Gasteiger partial charge in [-0.15, -0.1) is 0 Å². The van der Waals surface area contributed by atoms with Crippen LogP contribution in [0.5, 0.6) is 5.75 Å². The fourth-order valence-electron chi connectivity index (χ4n) is 3.68. The molecule has 0 radical (unpaired) electrons. The Bertz CT molecular complexity index is 1240. The van der Waals surface area contributed by atoms with Crippen molar-refractivity contribution in [2.24, 2.45) is 0 Å². The summed E-state index contributed by atoms with van der Waals surface area (Å²) >= 11 is 0. The number of likely N-dealkylation sites (tertiary alicyclic amines) is 1. The molecule has 36 heavy (non-hydrogen) atoms. The molecule has 1 aliphatic heterocycles. The average molecular weight is 503 g/mol. The maximum absolute atomic E-state index is 13.0. The highest BCUT2D eigenvalue weighted by Crippen LogP contribution is 2.32. The van der Waals surface area contributed by atoms with E-state index < -0.39 is 17.9 Å². The third-order valence-corrected chi connectivity index (χ3v) is 5.41. The lowest BCUT2D eigenvalue weighted by molar-refractivity contribution is -0.00884. The van der Waals surface area contributed by atoms with Crippen LogP contribution < -0.4 is 15.8 Å². The number of rotatable bonds is 7. The molecule has 3 N–H and O–H groups in total. The lowest BCUT2D eigenvalue weighted by Gasteiger charge is -2.41. The van der Waals surface area contributed by atoms with Crippen molar-refractivity contribution in [2.75, 3.05) is 24.7 Å². The van der Waals surface area contributed by atoms with E-state index in [1.807, 2.05) is 27.0 Å². The van der Waals surface area contributed by atoms with Crippen LogP contribution in [0.1, 0.15) is 39.4 Å². The molecule has 0 bridgehead atoms. The number of methoxy groups -OCH3 is 1. The van der Waals surface area contributed by atoms with Crippen molar-refractivity contribution in [3.8, 4) is 16.9 Å². The van der Waals surface area contributed by atoms with E-state index in [0.717, 1.165) is 12.0 Å². The average Bonchev–Trinajstić information content (AvgIpc) is 3.23. The van der Waals surface area contributed by atoms with Crippen LogP contribution in [0.2, 0.25) is 0 Å². The minimum atomic E-state index is -2.85. The molecule has 192 valence electrons.